The molecular weight excluding hydrogens is 322 g/mol. The van der Waals surface area contributed by atoms with Crippen LogP contribution in [-0.2, 0) is 4.79 Å². The number of benzene rings is 1. The first kappa shape index (κ1) is 18.5. The zero-order valence-electron chi connectivity index (χ0n) is 14.8. The van der Waals surface area contributed by atoms with Crippen molar-refractivity contribution < 1.29 is 19.4 Å². The minimum atomic E-state index is -1.05. The van der Waals surface area contributed by atoms with Gasteiger partial charge in [-0.25, -0.2) is 9.48 Å². The number of carboxylic acids is 1. The Hall–Kier alpha value is -2.83. The van der Waals surface area contributed by atoms with Crippen molar-refractivity contribution in [2.75, 3.05) is 7.11 Å². The van der Waals surface area contributed by atoms with E-state index in [0.717, 1.165) is 17.1 Å². The lowest BCUT2D eigenvalue weighted by atomic mass is 9.99. The minimum absolute atomic E-state index is 0.175. The topological polar surface area (TPSA) is 93.5 Å². The predicted octanol–water partition coefficient (Wildman–Crippen LogP) is 2.42. The van der Waals surface area contributed by atoms with Crippen LogP contribution in [0.2, 0.25) is 0 Å². The van der Waals surface area contributed by atoms with Crippen LogP contribution in [0.15, 0.2) is 30.3 Å². The number of hydrogen-bond acceptors (Lipinski definition) is 4. The summed E-state index contributed by atoms with van der Waals surface area (Å²) in [6, 6.07) is 7.97. The van der Waals surface area contributed by atoms with Crippen LogP contribution in [0.25, 0.3) is 5.69 Å². The molecule has 2 rings (SSSR count). The normalized spacial score (nSPS) is 13.1. The summed E-state index contributed by atoms with van der Waals surface area (Å²) in [7, 11) is 1.59. The number of aromatic nitrogens is 2. The van der Waals surface area contributed by atoms with Crippen LogP contribution < -0.4 is 10.1 Å². The number of rotatable bonds is 7. The average molecular weight is 345 g/mol. The third-order valence-electron chi connectivity index (χ3n) is 4.20. The van der Waals surface area contributed by atoms with Gasteiger partial charge in [-0.1, -0.05) is 20.3 Å². The highest BCUT2D eigenvalue weighted by Crippen LogP contribution is 2.17. The van der Waals surface area contributed by atoms with Gasteiger partial charge in [-0.2, -0.15) is 5.10 Å². The molecule has 134 valence electrons. The summed E-state index contributed by atoms with van der Waals surface area (Å²) >= 11 is 0. The van der Waals surface area contributed by atoms with Crippen LogP contribution in [0, 0.1) is 12.8 Å². The number of nitrogens with zero attached hydrogens (tertiary/aromatic N) is 2. The lowest BCUT2D eigenvalue weighted by Crippen LogP contribution is -2.45. The molecule has 2 atom stereocenters. The van der Waals surface area contributed by atoms with E-state index < -0.39 is 17.9 Å². The molecule has 0 spiro atoms. The zero-order valence-corrected chi connectivity index (χ0v) is 14.8. The Morgan fingerprint density at radius 3 is 2.48 bits per heavy atom. The summed E-state index contributed by atoms with van der Waals surface area (Å²) in [5, 5.41) is 16.2. The molecule has 0 fully saturated rings. The molecule has 2 aromatic rings. The Kier molecular flexibility index (Phi) is 5.80. The van der Waals surface area contributed by atoms with Gasteiger partial charge in [0.05, 0.1) is 12.8 Å². The number of aryl methyl sites for hydroxylation is 1. The maximum atomic E-state index is 12.4. The van der Waals surface area contributed by atoms with Crippen molar-refractivity contribution in [2.45, 2.75) is 33.2 Å². The SMILES string of the molecule is CCC(C)C(NC(=O)c1cc(C)n(-c2ccc(OC)cc2)n1)C(=O)O. The van der Waals surface area contributed by atoms with E-state index in [1.165, 1.54) is 0 Å². The molecule has 7 nitrogen and oxygen atoms in total. The molecule has 2 N–H and O–H groups in total. The van der Waals surface area contributed by atoms with Gasteiger partial charge in [0.2, 0.25) is 0 Å². The van der Waals surface area contributed by atoms with Crippen molar-refractivity contribution in [3.63, 3.8) is 0 Å². The number of methoxy groups -OCH3 is 1. The average Bonchev–Trinajstić information content (AvgIpc) is 3.00. The fraction of sp³-hybridized carbons (Fsp3) is 0.389. The molecular formula is C18H23N3O4. The molecule has 2 unspecified atom stereocenters. The van der Waals surface area contributed by atoms with Crippen LogP contribution >= 0.6 is 0 Å². The molecule has 0 bridgehead atoms. The van der Waals surface area contributed by atoms with Gasteiger partial charge in [0, 0.05) is 5.69 Å². The van der Waals surface area contributed by atoms with Gasteiger partial charge in [-0.05, 0) is 43.2 Å². The molecule has 0 saturated carbocycles. The minimum Gasteiger partial charge on any atom is -0.497 e. The van der Waals surface area contributed by atoms with Crippen LogP contribution in [0.3, 0.4) is 0 Å². The molecule has 1 aromatic carbocycles. The summed E-state index contributed by atoms with van der Waals surface area (Å²) in [6.07, 6.45) is 0.649. The van der Waals surface area contributed by atoms with Crippen molar-refractivity contribution in [3.05, 3.63) is 41.7 Å². The first-order chi connectivity index (χ1) is 11.9. The second-order valence-corrected chi connectivity index (χ2v) is 5.96. The third-order valence-corrected chi connectivity index (χ3v) is 4.20. The fourth-order valence-electron chi connectivity index (χ4n) is 2.47. The van der Waals surface area contributed by atoms with Gasteiger partial charge in [-0.15, -0.1) is 0 Å². The number of ether oxygens (including phenoxy) is 1. The van der Waals surface area contributed by atoms with Gasteiger partial charge < -0.3 is 15.2 Å². The lowest BCUT2D eigenvalue weighted by Gasteiger charge is -2.19. The largest absolute Gasteiger partial charge is 0.497 e. The van der Waals surface area contributed by atoms with Gasteiger partial charge in [0.1, 0.15) is 11.8 Å². The van der Waals surface area contributed by atoms with E-state index in [2.05, 4.69) is 10.4 Å². The van der Waals surface area contributed by atoms with E-state index in [9.17, 15) is 14.7 Å². The third kappa shape index (κ3) is 4.17. The highest BCUT2D eigenvalue weighted by Gasteiger charge is 2.26. The van der Waals surface area contributed by atoms with E-state index >= 15 is 0 Å². The van der Waals surface area contributed by atoms with E-state index in [1.54, 1.807) is 36.9 Å². The maximum absolute atomic E-state index is 12.4. The monoisotopic (exact) mass is 345 g/mol. The molecule has 25 heavy (non-hydrogen) atoms. The van der Waals surface area contributed by atoms with Crippen molar-refractivity contribution in [2.24, 2.45) is 5.92 Å². The fourth-order valence-corrected chi connectivity index (χ4v) is 2.47. The Morgan fingerprint density at radius 1 is 1.32 bits per heavy atom. The number of carbonyl (C=O) groups is 2. The van der Waals surface area contributed by atoms with Crippen LogP contribution in [0.4, 0.5) is 0 Å². The number of amides is 1. The second-order valence-electron chi connectivity index (χ2n) is 5.96. The van der Waals surface area contributed by atoms with Crippen molar-refractivity contribution in [3.8, 4) is 11.4 Å². The molecule has 0 radical (unpaired) electrons. The lowest BCUT2D eigenvalue weighted by molar-refractivity contribution is -0.140. The summed E-state index contributed by atoms with van der Waals surface area (Å²) in [4.78, 5) is 23.8. The van der Waals surface area contributed by atoms with Gasteiger partial charge >= 0.3 is 5.97 Å². The summed E-state index contributed by atoms with van der Waals surface area (Å²) in [5.41, 5.74) is 1.74. The number of nitrogens with one attached hydrogen (secondary N) is 1. The standard InChI is InChI=1S/C18H23N3O4/c1-5-11(2)16(18(23)24)19-17(22)15-10-12(3)21(20-15)13-6-8-14(25-4)9-7-13/h6-11,16H,5H2,1-4H3,(H,19,22)(H,23,24). The van der Waals surface area contributed by atoms with Crippen molar-refractivity contribution in [1.82, 2.24) is 15.1 Å². The Labute approximate surface area is 146 Å². The number of carboxylic acid groups (broad SMARTS) is 1. The van der Waals surface area contributed by atoms with Crippen molar-refractivity contribution in [1.29, 1.82) is 0 Å². The quantitative estimate of drug-likeness (QED) is 0.804. The van der Waals surface area contributed by atoms with E-state index in [0.29, 0.717) is 6.42 Å². The van der Waals surface area contributed by atoms with E-state index in [4.69, 9.17) is 4.74 Å². The van der Waals surface area contributed by atoms with Crippen molar-refractivity contribution >= 4 is 11.9 Å². The number of hydrogen-bond donors (Lipinski definition) is 2. The van der Waals surface area contributed by atoms with E-state index in [1.807, 2.05) is 26.0 Å². The predicted molar refractivity (Wildman–Crippen MR) is 93.2 cm³/mol. The molecule has 7 heteroatoms. The van der Waals surface area contributed by atoms with Crippen LogP contribution in [0.5, 0.6) is 5.75 Å². The summed E-state index contributed by atoms with van der Waals surface area (Å²) in [5.74, 6) is -0.993. The Morgan fingerprint density at radius 2 is 1.96 bits per heavy atom. The van der Waals surface area contributed by atoms with Crippen LogP contribution in [-0.4, -0.2) is 39.9 Å². The van der Waals surface area contributed by atoms with Gasteiger partial charge in [0.15, 0.2) is 5.69 Å². The molecule has 1 aromatic heterocycles. The molecule has 1 amide bonds. The molecule has 0 saturated heterocycles. The smallest absolute Gasteiger partial charge is 0.326 e. The second kappa shape index (κ2) is 7.83. The highest BCUT2D eigenvalue weighted by atomic mass is 16.5. The Bertz CT molecular complexity index is 752. The first-order valence-electron chi connectivity index (χ1n) is 8.12. The van der Waals surface area contributed by atoms with Crippen LogP contribution in [0.1, 0.15) is 36.5 Å². The molecule has 1 heterocycles. The molecule has 0 aliphatic rings. The number of aliphatic carboxylic acids is 1. The van der Waals surface area contributed by atoms with Gasteiger partial charge in [-0.3, -0.25) is 4.79 Å². The number of carbonyl (C=O) groups excluding carboxylic acids is 1. The summed E-state index contributed by atoms with van der Waals surface area (Å²) < 4.78 is 6.76. The maximum Gasteiger partial charge on any atom is 0.326 e. The zero-order chi connectivity index (χ0) is 18.6. The molecule has 0 aliphatic heterocycles. The van der Waals surface area contributed by atoms with Gasteiger partial charge in [0.25, 0.3) is 5.91 Å². The first-order valence-corrected chi connectivity index (χ1v) is 8.12. The summed E-state index contributed by atoms with van der Waals surface area (Å²) in [6.45, 7) is 5.51. The highest BCUT2D eigenvalue weighted by molar-refractivity contribution is 5.95. The molecule has 0 aliphatic carbocycles. The Balaban J connectivity index is 2.22. The van der Waals surface area contributed by atoms with E-state index in [-0.39, 0.29) is 11.6 Å².